The topological polar surface area (TPSA) is 49.4 Å². The Morgan fingerprint density at radius 3 is 2.75 bits per heavy atom. The molecule has 4 nitrogen and oxygen atoms in total. The molecular weight excluding hydrogens is 224 g/mol. The first-order valence-corrected chi connectivity index (χ1v) is 7.99. The Morgan fingerprint density at radius 1 is 1.31 bits per heavy atom. The van der Waals surface area contributed by atoms with Gasteiger partial charge in [0.25, 0.3) is 0 Å². The van der Waals surface area contributed by atoms with Crippen molar-refractivity contribution >= 4 is 10.0 Å². The van der Waals surface area contributed by atoms with Crippen LogP contribution in [0.5, 0.6) is 0 Å². The van der Waals surface area contributed by atoms with Gasteiger partial charge in [-0.15, -0.1) is 0 Å². The maximum Gasteiger partial charge on any atom is 0.214 e. The first kappa shape index (κ1) is 12.3. The summed E-state index contributed by atoms with van der Waals surface area (Å²) < 4.78 is 26.0. The number of rotatable bonds is 4. The molecule has 0 aliphatic carbocycles. The van der Waals surface area contributed by atoms with E-state index in [2.05, 4.69) is 5.32 Å². The normalized spacial score (nSPS) is 32.3. The van der Waals surface area contributed by atoms with Crippen molar-refractivity contribution in [1.82, 2.24) is 9.62 Å². The number of sulfonamides is 1. The summed E-state index contributed by atoms with van der Waals surface area (Å²) >= 11 is 0. The van der Waals surface area contributed by atoms with E-state index in [1.165, 1.54) is 6.42 Å². The number of hydrogen-bond acceptors (Lipinski definition) is 3. The fraction of sp³-hybridized carbons (Fsp3) is 1.00. The van der Waals surface area contributed by atoms with Crippen molar-refractivity contribution in [1.29, 1.82) is 0 Å². The maximum atomic E-state index is 12.1. The third kappa shape index (κ3) is 2.41. The van der Waals surface area contributed by atoms with Crippen LogP contribution in [0.3, 0.4) is 0 Å². The van der Waals surface area contributed by atoms with Gasteiger partial charge in [0.15, 0.2) is 0 Å². The SMILES string of the molecule is CCCS(=O)(=O)N1CCCC1C1CCCN1. The highest BCUT2D eigenvalue weighted by atomic mass is 32.2. The molecule has 16 heavy (non-hydrogen) atoms. The molecule has 2 heterocycles. The van der Waals surface area contributed by atoms with E-state index >= 15 is 0 Å². The second-order valence-corrected chi connectivity index (χ2v) is 6.88. The molecule has 2 fully saturated rings. The Kier molecular flexibility index (Phi) is 3.87. The van der Waals surface area contributed by atoms with E-state index in [-0.39, 0.29) is 6.04 Å². The van der Waals surface area contributed by atoms with Gasteiger partial charge >= 0.3 is 0 Å². The monoisotopic (exact) mass is 246 g/mol. The Morgan fingerprint density at radius 2 is 2.12 bits per heavy atom. The third-order valence-electron chi connectivity index (χ3n) is 3.63. The van der Waals surface area contributed by atoms with Crippen LogP contribution in [0.2, 0.25) is 0 Å². The molecule has 1 N–H and O–H groups in total. The van der Waals surface area contributed by atoms with Crippen LogP contribution in [0.4, 0.5) is 0 Å². The average molecular weight is 246 g/mol. The van der Waals surface area contributed by atoms with Gasteiger partial charge in [0.05, 0.1) is 5.75 Å². The van der Waals surface area contributed by atoms with Crippen LogP contribution >= 0.6 is 0 Å². The van der Waals surface area contributed by atoms with Crippen molar-refractivity contribution < 1.29 is 8.42 Å². The Hall–Kier alpha value is -0.130. The van der Waals surface area contributed by atoms with Gasteiger partial charge in [-0.2, -0.15) is 4.31 Å². The number of nitrogens with one attached hydrogen (secondary N) is 1. The van der Waals surface area contributed by atoms with E-state index in [0.29, 0.717) is 18.2 Å². The van der Waals surface area contributed by atoms with Crippen molar-refractivity contribution in [3.63, 3.8) is 0 Å². The van der Waals surface area contributed by atoms with Gasteiger partial charge in [0.1, 0.15) is 0 Å². The molecular formula is C11H22N2O2S. The zero-order valence-corrected chi connectivity index (χ0v) is 10.8. The molecule has 5 heteroatoms. The highest BCUT2D eigenvalue weighted by Gasteiger charge is 2.38. The summed E-state index contributed by atoms with van der Waals surface area (Å²) in [5.74, 6) is 0.302. The molecule has 0 radical (unpaired) electrons. The summed E-state index contributed by atoms with van der Waals surface area (Å²) in [6.07, 6.45) is 5.07. The van der Waals surface area contributed by atoms with Crippen molar-refractivity contribution in [2.24, 2.45) is 0 Å². The fourth-order valence-electron chi connectivity index (χ4n) is 2.93. The highest BCUT2D eigenvalue weighted by Crippen LogP contribution is 2.27. The second kappa shape index (κ2) is 5.02. The zero-order valence-electron chi connectivity index (χ0n) is 9.98. The lowest BCUT2D eigenvalue weighted by Crippen LogP contribution is -2.47. The quantitative estimate of drug-likeness (QED) is 0.803. The van der Waals surface area contributed by atoms with Gasteiger partial charge in [-0.3, -0.25) is 0 Å². The fourth-order valence-corrected chi connectivity index (χ4v) is 4.75. The van der Waals surface area contributed by atoms with E-state index in [9.17, 15) is 8.42 Å². The number of hydrogen-bond donors (Lipinski definition) is 1. The van der Waals surface area contributed by atoms with Gasteiger partial charge < -0.3 is 5.32 Å². The van der Waals surface area contributed by atoms with Crippen molar-refractivity contribution in [2.45, 2.75) is 51.1 Å². The molecule has 2 saturated heterocycles. The van der Waals surface area contributed by atoms with Crippen molar-refractivity contribution in [3.05, 3.63) is 0 Å². The molecule has 0 amide bonds. The summed E-state index contributed by atoms with van der Waals surface area (Å²) in [5.41, 5.74) is 0. The van der Waals surface area contributed by atoms with E-state index in [1.54, 1.807) is 4.31 Å². The Balaban J connectivity index is 2.08. The molecule has 2 atom stereocenters. The van der Waals surface area contributed by atoms with E-state index in [1.807, 2.05) is 6.92 Å². The Labute approximate surface area is 98.4 Å². The van der Waals surface area contributed by atoms with Gasteiger partial charge in [-0.25, -0.2) is 8.42 Å². The molecule has 2 unspecified atom stereocenters. The van der Waals surface area contributed by atoms with Crippen LogP contribution in [-0.2, 0) is 10.0 Å². The first-order valence-electron chi connectivity index (χ1n) is 6.38. The minimum Gasteiger partial charge on any atom is -0.312 e. The van der Waals surface area contributed by atoms with Gasteiger partial charge in [0, 0.05) is 18.6 Å². The van der Waals surface area contributed by atoms with E-state index in [0.717, 1.165) is 32.4 Å². The third-order valence-corrected chi connectivity index (χ3v) is 5.72. The standard InChI is InChI=1S/C11H22N2O2S/c1-2-9-16(14,15)13-8-4-6-11(13)10-5-3-7-12-10/h10-12H,2-9H2,1H3. The molecule has 0 spiro atoms. The molecule has 0 aromatic heterocycles. The second-order valence-electron chi connectivity index (χ2n) is 4.84. The predicted molar refractivity (Wildman–Crippen MR) is 64.8 cm³/mol. The van der Waals surface area contributed by atoms with Crippen molar-refractivity contribution in [3.8, 4) is 0 Å². The van der Waals surface area contributed by atoms with Crippen LogP contribution in [0, 0.1) is 0 Å². The molecule has 0 saturated carbocycles. The van der Waals surface area contributed by atoms with E-state index in [4.69, 9.17) is 0 Å². The number of nitrogens with zero attached hydrogens (tertiary/aromatic N) is 1. The highest BCUT2D eigenvalue weighted by molar-refractivity contribution is 7.89. The summed E-state index contributed by atoms with van der Waals surface area (Å²) in [4.78, 5) is 0. The molecule has 2 rings (SSSR count). The summed E-state index contributed by atoms with van der Waals surface area (Å²) in [6, 6.07) is 0.619. The summed E-state index contributed by atoms with van der Waals surface area (Å²) in [5, 5.41) is 3.44. The largest absolute Gasteiger partial charge is 0.312 e. The van der Waals surface area contributed by atoms with Gasteiger partial charge in [0.2, 0.25) is 10.0 Å². The Bertz CT molecular complexity index is 323. The lowest BCUT2D eigenvalue weighted by molar-refractivity contribution is 0.322. The molecule has 2 aliphatic rings. The van der Waals surface area contributed by atoms with Crippen molar-refractivity contribution in [2.75, 3.05) is 18.8 Å². The molecule has 0 bridgehead atoms. The first-order chi connectivity index (χ1) is 7.65. The van der Waals surface area contributed by atoms with Crippen LogP contribution in [-0.4, -0.2) is 43.6 Å². The molecule has 0 aromatic carbocycles. The van der Waals surface area contributed by atoms with Gasteiger partial charge in [-0.1, -0.05) is 6.92 Å². The van der Waals surface area contributed by atoms with E-state index < -0.39 is 10.0 Å². The summed E-state index contributed by atoms with van der Waals surface area (Å²) in [6.45, 7) is 3.70. The predicted octanol–water partition coefficient (Wildman–Crippen LogP) is 0.943. The molecule has 2 aliphatic heterocycles. The average Bonchev–Trinajstić information content (AvgIpc) is 2.88. The van der Waals surface area contributed by atoms with Crippen LogP contribution < -0.4 is 5.32 Å². The molecule has 94 valence electrons. The zero-order chi connectivity index (χ0) is 11.6. The summed E-state index contributed by atoms with van der Waals surface area (Å²) in [7, 11) is -3.00. The lowest BCUT2D eigenvalue weighted by atomic mass is 10.1. The molecule has 0 aromatic rings. The van der Waals surface area contributed by atoms with Gasteiger partial charge in [-0.05, 0) is 38.6 Å². The lowest BCUT2D eigenvalue weighted by Gasteiger charge is -2.28. The van der Waals surface area contributed by atoms with Crippen LogP contribution in [0.25, 0.3) is 0 Å². The maximum absolute atomic E-state index is 12.1. The minimum absolute atomic E-state index is 0.221. The van der Waals surface area contributed by atoms with Crippen LogP contribution in [0.15, 0.2) is 0 Å². The minimum atomic E-state index is -3.00. The smallest absolute Gasteiger partial charge is 0.214 e. The van der Waals surface area contributed by atoms with Crippen LogP contribution in [0.1, 0.15) is 39.0 Å².